The van der Waals surface area contributed by atoms with Crippen molar-refractivity contribution in [3.05, 3.63) is 12.2 Å². The van der Waals surface area contributed by atoms with Crippen molar-refractivity contribution in [1.82, 2.24) is 0 Å². The first-order chi connectivity index (χ1) is 8.67. The molecule has 104 valence electrons. The van der Waals surface area contributed by atoms with Gasteiger partial charge in [-0.15, -0.1) is 0 Å². The van der Waals surface area contributed by atoms with Crippen molar-refractivity contribution < 1.29 is 14.2 Å². The lowest BCUT2D eigenvalue weighted by Gasteiger charge is -2.42. The number of fused-ring (bicyclic) bond motifs is 1. The second kappa shape index (κ2) is 6.18. The number of hydrogen-bond donors (Lipinski definition) is 0. The molecule has 1 fully saturated rings. The quantitative estimate of drug-likeness (QED) is 0.558. The van der Waals surface area contributed by atoms with Crippen LogP contribution in [-0.4, -0.2) is 33.2 Å². The fourth-order valence-electron chi connectivity index (χ4n) is 3.53. The topological polar surface area (TPSA) is 27.7 Å². The highest BCUT2D eigenvalue weighted by Crippen LogP contribution is 2.45. The fraction of sp³-hybridized carbons (Fsp3) is 0.867. The van der Waals surface area contributed by atoms with Crippen molar-refractivity contribution in [3.8, 4) is 0 Å². The van der Waals surface area contributed by atoms with Crippen molar-refractivity contribution in [2.75, 3.05) is 20.8 Å². The maximum absolute atomic E-state index is 6.03. The summed E-state index contributed by atoms with van der Waals surface area (Å²) >= 11 is 0. The first-order valence-electron chi connectivity index (χ1n) is 7.01. The Balaban J connectivity index is 1.90. The average Bonchev–Trinajstić information content (AvgIpc) is 2.86. The Bertz CT molecular complexity index is 285. The molecule has 3 heteroatoms. The fourth-order valence-corrected chi connectivity index (χ4v) is 3.53. The number of allylic oxidation sites excluding steroid dienone is 2. The first kappa shape index (κ1) is 14.0. The molecule has 5 atom stereocenters. The summed E-state index contributed by atoms with van der Waals surface area (Å²) in [5.74, 6) is 2.87. The second-order valence-corrected chi connectivity index (χ2v) is 5.75. The zero-order chi connectivity index (χ0) is 13.1. The van der Waals surface area contributed by atoms with Gasteiger partial charge in [0, 0.05) is 14.2 Å². The first-order valence-corrected chi connectivity index (χ1v) is 7.01. The molecule has 0 radical (unpaired) electrons. The molecule has 0 aromatic carbocycles. The van der Waals surface area contributed by atoms with E-state index in [0.717, 1.165) is 18.3 Å². The number of rotatable bonds is 5. The predicted molar refractivity (Wildman–Crippen MR) is 71.2 cm³/mol. The lowest BCUT2D eigenvalue weighted by Crippen LogP contribution is -2.41. The molecule has 18 heavy (non-hydrogen) atoms. The van der Waals surface area contributed by atoms with Crippen molar-refractivity contribution in [1.29, 1.82) is 0 Å². The minimum atomic E-state index is -0.246. The van der Waals surface area contributed by atoms with E-state index < -0.39 is 0 Å². The van der Waals surface area contributed by atoms with Gasteiger partial charge in [-0.05, 0) is 36.5 Å². The van der Waals surface area contributed by atoms with Crippen LogP contribution in [-0.2, 0) is 14.2 Å². The zero-order valence-electron chi connectivity index (χ0n) is 12.0. The van der Waals surface area contributed by atoms with E-state index in [1.807, 2.05) is 0 Å². The van der Waals surface area contributed by atoms with Crippen molar-refractivity contribution in [2.45, 2.75) is 39.1 Å². The number of ether oxygens (including phenoxy) is 3. The molecular weight excluding hydrogens is 228 g/mol. The molecule has 0 heterocycles. The van der Waals surface area contributed by atoms with E-state index in [1.165, 1.54) is 6.42 Å². The van der Waals surface area contributed by atoms with Crippen LogP contribution in [0.3, 0.4) is 0 Å². The van der Waals surface area contributed by atoms with Gasteiger partial charge in [0.25, 0.3) is 0 Å². The molecule has 2 aliphatic carbocycles. The molecule has 0 aliphatic heterocycles. The summed E-state index contributed by atoms with van der Waals surface area (Å²) in [6.07, 6.45) is 7.23. The molecule has 5 unspecified atom stereocenters. The summed E-state index contributed by atoms with van der Waals surface area (Å²) < 4.78 is 16.4. The van der Waals surface area contributed by atoms with Gasteiger partial charge in [-0.25, -0.2) is 0 Å². The van der Waals surface area contributed by atoms with E-state index in [9.17, 15) is 0 Å². The van der Waals surface area contributed by atoms with Crippen LogP contribution in [0.1, 0.15) is 26.7 Å². The molecule has 0 bridgehead atoms. The minimum Gasteiger partial charge on any atom is -0.373 e. The van der Waals surface area contributed by atoms with Crippen LogP contribution in [0.2, 0.25) is 0 Å². The summed E-state index contributed by atoms with van der Waals surface area (Å²) in [4.78, 5) is 0. The van der Waals surface area contributed by atoms with E-state index in [-0.39, 0.29) is 6.29 Å². The Hall–Kier alpha value is -0.380. The monoisotopic (exact) mass is 254 g/mol. The van der Waals surface area contributed by atoms with Crippen LogP contribution in [0.5, 0.6) is 0 Å². The normalized spacial score (nSPS) is 39.3. The van der Waals surface area contributed by atoms with Crippen molar-refractivity contribution >= 4 is 0 Å². The Labute approximate surface area is 110 Å². The average molecular weight is 254 g/mol. The van der Waals surface area contributed by atoms with Gasteiger partial charge in [0.05, 0.1) is 12.7 Å². The van der Waals surface area contributed by atoms with Crippen LogP contribution in [0, 0.1) is 23.7 Å². The van der Waals surface area contributed by atoms with Crippen LogP contribution >= 0.6 is 0 Å². The Morgan fingerprint density at radius 3 is 2.61 bits per heavy atom. The van der Waals surface area contributed by atoms with E-state index in [4.69, 9.17) is 14.2 Å². The smallest absolute Gasteiger partial charge is 0.180 e. The van der Waals surface area contributed by atoms with Crippen molar-refractivity contribution in [3.63, 3.8) is 0 Å². The van der Waals surface area contributed by atoms with E-state index in [1.54, 1.807) is 14.2 Å². The molecule has 0 aromatic heterocycles. The highest BCUT2D eigenvalue weighted by atomic mass is 16.7. The Morgan fingerprint density at radius 2 is 1.94 bits per heavy atom. The van der Waals surface area contributed by atoms with E-state index in [2.05, 4.69) is 26.0 Å². The molecule has 1 saturated carbocycles. The van der Waals surface area contributed by atoms with E-state index >= 15 is 0 Å². The van der Waals surface area contributed by atoms with Crippen LogP contribution in [0.15, 0.2) is 12.2 Å². The minimum absolute atomic E-state index is 0.246. The summed E-state index contributed by atoms with van der Waals surface area (Å²) in [6, 6.07) is 0. The highest BCUT2D eigenvalue weighted by Gasteiger charge is 2.41. The molecule has 0 spiro atoms. The summed E-state index contributed by atoms with van der Waals surface area (Å²) in [7, 11) is 3.31. The summed E-state index contributed by atoms with van der Waals surface area (Å²) in [5, 5.41) is 0. The van der Waals surface area contributed by atoms with E-state index in [0.29, 0.717) is 24.5 Å². The Kier molecular flexibility index (Phi) is 4.82. The van der Waals surface area contributed by atoms with Gasteiger partial charge in [0.1, 0.15) is 0 Å². The van der Waals surface area contributed by atoms with Gasteiger partial charge < -0.3 is 14.2 Å². The molecule has 2 aliphatic rings. The predicted octanol–water partition coefficient (Wildman–Crippen LogP) is 2.86. The van der Waals surface area contributed by atoms with Crippen molar-refractivity contribution in [2.24, 2.45) is 23.7 Å². The second-order valence-electron chi connectivity index (χ2n) is 5.75. The lowest BCUT2D eigenvalue weighted by atomic mass is 9.68. The standard InChI is InChI=1S/C15H26O3/c1-10-8-14(18-9-15(16-3)17-4)11(2)13-7-5-6-12(10)13/h5,7,10-15H,6,8-9H2,1-4H3. The molecule has 3 nitrogen and oxygen atoms in total. The highest BCUT2D eigenvalue weighted by molar-refractivity contribution is 5.07. The zero-order valence-corrected chi connectivity index (χ0v) is 12.0. The summed E-state index contributed by atoms with van der Waals surface area (Å²) in [6.45, 7) is 5.20. The molecule has 0 N–H and O–H groups in total. The molecule has 0 amide bonds. The number of methoxy groups -OCH3 is 2. The van der Waals surface area contributed by atoms with Crippen LogP contribution < -0.4 is 0 Å². The third-order valence-electron chi connectivity index (χ3n) is 4.76. The SMILES string of the molecule is COC(COC1CC(C)C2CC=CC2C1C)OC. The van der Waals surface area contributed by atoms with Crippen LogP contribution in [0.4, 0.5) is 0 Å². The van der Waals surface area contributed by atoms with Gasteiger partial charge in [0.2, 0.25) is 0 Å². The molecule has 2 rings (SSSR count). The molecule has 0 saturated heterocycles. The van der Waals surface area contributed by atoms with Gasteiger partial charge in [-0.3, -0.25) is 0 Å². The van der Waals surface area contributed by atoms with Gasteiger partial charge in [-0.2, -0.15) is 0 Å². The maximum Gasteiger partial charge on any atom is 0.180 e. The third kappa shape index (κ3) is 2.79. The van der Waals surface area contributed by atoms with Gasteiger partial charge >= 0.3 is 0 Å². The van der Waals surface area contributed by atoms with Crippen LogP contribution in [0.25, 0.3) is 0 Å². The van der Waals surface area contributed by atoms with Gasteiger partial charge in [0.15, 0.2) is 6.29 Å². The largest absolute Gasteiger partial charge is 0.373 e. The number of hydrogen-bond acceptors (Lipinski definition) is 3. The maximum atomic E-state index is 6.03. The molecular formula is C15H26O3. The molecule has 0 aromatic rings. The van der Waals surface area contributed by atoms with Gasteiger partial charge in [-0.1, -0.05) is 26.0 Å². The lowest BCUT2D eigenvalue weighted by molar-refractivity contribution is -0.166. The summed E-state index contributed by atoms with van der Waals surface area (Å²) in [5.41, 5.74) is 0. The Morgan fingerprint density at radius 1 is 1.22 bits per heavy atom. The third-order valence-corrected chi connectivity index (χ3v) is 4.76.